The summed E-state index contributed by atoms with van der Waals surface area (Å²) < 4.78 is 10.7. The second kappa shape index (κ2) is 5.68. The van der Waals surface area contributed by atoms with Crippen molar-refractivity contribution in [2.24, 2.45) is 23.7 Å². The fourth-order valence-corrected chi connectivity index (χ4v) is 3.53. The van der Waals surface area contributed by atoms with E-state index in [0.717, 1.165) is 12.8 Å². The van der Waals surface area contributed by atoms with Gasteiger partial charge in [0.05, 0.1) is 12.2 Å². The standard InChI is InChI=1S/C16H26O3/c1-5-6-7-13-11(2)8-9-14-12(3)16(17,18-4)19-10-15(13)14/h5-6,10-14,17H,7-9H2,1-4H3/b6-5+/t11-,12?,13+,14?,16?/m1/s1. The summed E-state index contributed by atoms with van der Waals surface area (Å²) in [6, 6.07) is 0. The third kappa shape index (κ3) is 2.59. The van der Waals surface area contributed by atoms with Crippen LogP contribution in [0.3, 0.4) is 0 Å². The number of rotatable bonds is 3. The van der Waals surface area contributed by atoms with Crippen molar-refractivity contribution in [2.75, 3.05) is 7.11 Å². The zero-order valence-corrected chi connectivity index (χ0v) is 12.4. The molecule has 0 amide bonds. The van der Waals surface area contributed by atoms with Crippen LogP contribution in [-0.4, -0.2) is 18.2 Å². The Bertz CT molecular complexity index is 374. The van der Waals surface area contributed by atoms with Gasteiger partial charge in [-0.3, -0.25) is 0 Å². The fraction of sp³-hybridized carbons (Fsp3) is 0.750. The van der Waals surface area contributed by atoms with Crippen molar-refractivity contribution in [3.05, 3.63) is 24.0 Å². The fourth-order valence-electron chi connectivity index (χ4n) is 3.53. The van der Waals surface area contributed by atoms with Crippen LogP contribution in [0.2, 0.25) is 0 Å². The molecule has 3 nitrogen and oxygen atoms in total. The molecule has 19 heavy (non-hydrogen) atoms. The number of ether oxygens (including phenoxy) is 2. The van der Waals surface area contributed by atoms with Crippen LogP contribution >= 0.6 is 0 Å². The Hall–Kier alpha value is -0.800. The number of aliphatic hydroxyl groups is 1. The number of allylic oxidation sites excluding steroid dienone is 3. The highest BCUT2D eigenvalue weighted by molar-refractivity contribution is 5.18. The van der Waals surface area contributed by atoms with Gasteiger partial charge in [0, 0.05) is 7.11 Å². The molecule has 0 saturated heterocycles. The third-order valence-electron chi connectivity index (χ3n) is 4.94. The molecule has 0 aromatic rings. The van der Waals surface area contributed by atoms with Gasteiger partial charge in [-0.2, -0.15) is 0 Å². The predicted octanol–water partition coefficient (Wildman–Crippen LogP) is 3.46. The second-order valence-corrected chi connectivity index (χ2v) is 5.93. The molecule has 2 aliphatic rings. The van der Waals surface area contributed by atoms with Gasteiger partial charge < -0.3 is 14.6 Å². The molecule has 1 N–H and O–H groups in total. The van der Waals surface area contributed by atoms with Crippen molar-refractivity contribution in [3.63, 3.8) is 0 Å². The molecule has 1 aliphatic heterocycles. The summed E-state index contributed by atoms with van der Waals surface area (Å²) in [5, 5.41) is 10.3. The average Bonchev–Trinajstić information content (AvgIpc) is 2.42. The molecule has 0 spiro atoms. The molecule has 1 heterocycles. The van der Waals surface area contributed by atoms with Crippen LogP contribution in [-0.2, 0) is 9.47 Å². The Morgan fingerprint density at radius 1 is 1.47 bits per heavy atom. The molecule has 0 bridgehead atoms. The Kier molecular flexibility index (Phi) is 4.36. The molecule has 3 unspecified atom stereocenters. The largest absolute Gasteiger partial charge is 0.447 e. The van der Waals surface area contributed by atoms with Crippen molar-refractivity contribution in [1.82, 2.24) is 0 Å². The normalized spacial score (nSPS) is 42.7. The quantitative estimate of drug-likeness (QED) is 0.628. The minimum atomic E-state index is -1.46. The molecular weight excluding hydrogens is 240 g/mol. The van der Waals surface area contributed by atoms with E-state index in [9.17, 15) is 5.11 Å². The molecule has 3 heteroatoms. The van der Waals surface area contributed by atoms with E-state index in [1.54, 1.807) is 6.26 Å². The molecule has 1 fully saturated rings. The highest BCUT2D eigenvalue weighted by Gasteiger charge is 2.48. The van der Waals surface area contributed by atoms with E-state index >= 15 is 0 Å². The van der Waals surface area contributed by atoms with E-state index in [1.165, 1.54) is 19.1 Å². The van der Waals surface area contributed by atoms with Crippen LogP contribution in [0.5, 0.6) is 0 Å². The highest BCUT2D eigenvalue weighted by Crippen LogP contribution is 2.49. The SMILES string of the molecule is C/C=C/C[C@@H]1C2=COC(O)(OC)C(C)C2CC[C@H]1C. The van der Waals surface area contributed by atoms with Gasteiger partial charge >= 0.3 is 5.97 Å². The van der Waals surface area contributed by atoms with Crippen LogP contribution in [0.4, 0.5) is 0 Å². The van der Waals surface area contributed by atoms with Crippen molar-refractivity contribution < 1.29 is 14.6 Å². The maximum Gasteiger partial charge on any atom is 0.326 e. The predicted molar refractivity (Wildman–Crippen MR) is 75.1 cm³/mol. The van der Waals surface area contributed by atoms with E-state index in [1.807, 2.05) is 6.92 Å². The first-order valence-corrected chi connectivity index (χ1v) is 7.30. The lowest BCUT2D eigenvalue weighted by Gasteiger charge is -2.46. The van der Waals surface area contributed by atoms with Gasteiger partial charge in [-0.15, -0.1) is 0 Å². The number of hydrogen-bond acceptors (Lipinski definition) is 3. The summed E-state index contributed by atoms with van der Waals surface area (Å²) in [5.74, 6) is 0.0742. The third-order valence-corrected chi connectivity index (χ3v) is 4.94. The lowest BCUT2D eigenvalue weighted by atomic mass is 9.65. The molecule has 0 aromatic carbocycles. The highest BCUT2D eigenvalue weighted by atomic mass is 16.8. The van der Waals surface area contributed by atoms with E-state index in [-0.39, 0.29) is 5.92 Å². The van der Waals surface area contributed by atoms with Crippen molar-refractivity contribution in [3.8, 4) is 0 Å². The molecule has 0 aromatic heterocycles. The van der Waals surface area contributed by atoms with Crippen LogP contribution < -0.4 is 0 Å². The topological polar surface area (TPSA) is 38.7 Å². The van der Waals surface area contributed by atoms with E-state index < -0.39 is 5.97 Å². The van der Waals surface area contributed by atoms with Gasteiger partial charge in [-0.05, 0) is 49.5 Å². The summed E-state index contributed by atoms with van der Waals surface area (Å²) in [4.78, 5) is 0. The number of hydrogen-bond donors (Lipinski definition) is 1. The lowest BCUT2D eigenvalue weighted by molar-refractivity contribution is -0.367. The van der Waals surface area contributed by atoms with Crippen LogP contribution in [0, 0.1) is 23.7 Å². The van der Waals surface area contributed by atoms with E-state index in [0.29, 0.717) is 17.8 Å². The van der Waals surface area contributed by atoms with Crippen LogP contribution in [0.25, 0.3) is 0 Å². The first-order chi connectivity index (χ1) is 9.03. The van der Waals surface area contributed by atoms with Crippen LogP contribution in [0.1, 0.15) is 40.0 Å². The minimum Gasteiger partial charge on any atom is -0.447 e. The van der Waals surface area contributed by atoms with E-state index in [4.69, 9.17) is 9.47 Å². The van der Waals surface area contributed by atoms with Crippen molar-refractivity contribution in [1.29, 1.82) is 0 Å². The Morgan fingerprint density at radius 2 is 2.21 bits per heavy atom. The number of fused-ring (bicyclic) bond motifs is 1. The van der Waals surface area contributed by atoms with Gasteiger partial charge in [0.2, 0.25) is 0 Å². The van der Waals surface area contributed by atoms with E-state index in [2.05, 4.69) is 26.0 Å². The molecule has 0 radical (unpaired) electrons. The first-order valence-electron chi connectivity index (χ1n) is 7.30. The first kappa shape index (κ1) is 14.6. The Balaban J connectivity index is 2.25. The Morgan fingerprint density at radius 3 is 2.84 bits per heavy atom. The summed E-state index contributed by atoms with van der Waals surface area (Å²) >= 11 is 0. The summed E-state index contributed by atoms with van der Waals surface area (Å²) in [5.41, 5.74) is 1.35. The molecular formula is C16H26O3. The zero-order valence-electron chi connectivity index (χ0n) is 12.4. The average molecular weight is 266 g/mol. The van der Waals surface area contributed by atoms with Crippen LogP contribution in [0.15, 0.2) is 24.0 Å². The maximum atomic E-state index is 10.3. The molecule has 1 aliphatic carbocycles. The molecule has 5 atom stereocenters. The van der Waals surface area contributed by atoms with Gasteiger partial charge in [0.1, 0.15) is 0 Å². The van der Waals surface area contributed by atoms with Gasteiger partial charge in [0.25, 0.3) is 0 Å². The molecule has 108 valence electrons. The molecule has 2 rings (SSSR count). The Labute approximate surface area is 116 Å². The monoisotopic (exact) mass is 266 g/mol. The van der Waals surface area contributed by atoms with Gasteiger partial charge in [0.15, 0.2) is 0 Å². The summed E-state index contributed by atoms with van der Waals surface area (Å²) in [7, 11) is 1.50. The van der Waals surface area contributed by atoms with Crippen molar-refractivity contribution >= 4 is 0 Å². The van der Waals surface area contributed by atoms with Gasteiger partial charge in [-0.25, -0.2) is 0 Å². The maximum absolute atomic E-state index is 10.3. The smallest absolute Gasteiger partial charge is 0.326 e. The summed E-state index contributed by atoms with van der Waals surface area (Å²) in [6.07, 6.45) is 9.46. The summed E-state index contributed by atoms with van der Waals surface area (Å²) in [6.45, 7) is 6.39. The second-order valence-electron chi connectivity index (χ2n) is 5.93. The number of methoxy groups -OCH3 is 1. The van der Waals surface area contributed by atoms with Gasteiger partial charge in [-0.1, -0.05) is 26.0 Å². The minimum absolute atomic E-state index is 0.0295. The lowest BCUT2D eigenvalue weighted by Crippen LogP contribution is -2.49. The molecule has 1 saturated carbocycles. The van der Waals surface area contributed by atoms with Crippen molar-refractivity contribution in [2.45, 2.75) is 46.0 Å². The zero-order chi connectivity index (χ0) is 14.0.